The van der Waals surface area contributed by atoms with E-state index >= 15 is 0 Å². The average molecular weight is 253 g/mol. The lowest BCUT2D eigenvalue weighted by molar-refractivity contribution is -0.113. The topological polar surface area (TPSA) is 73.2 Å². The fraction of sp³-hybridized carbons (Fsp3) is 0.167. The normalized spacial score (nSPS) is 11.7. The minimum Gasteiger partial charge on any atom is -0.506 e. The van der Waals surface area contributed by atoms with Crippen LogP contribution in [0, 0.1) is 5.41 Å². The van der Waals surface area contributed by atoms with Crippen molar-refractivity contribution in [3.63, 3.8) is 0 Å². The zero-order valence-electron chi connectivity index (χ0n) is 9.54. The number of hydrogen-bond acceptors (Lipinski definition) is 4. The van der Waals surface area contributed by atoms with Crippen molar-refractivity contribution in [1.82, 2.24) is 0 Å². The van der Waals surface area contributed by atoms with Crippen molar-refractivity contribution in [2.75, 3.05) is 5.32 Å². The summed E-state index contributed by atoms with van der Waals surface area (Å²) in [6, 6.07) is 4.56. The number of halogens is 1. The number of phenolic OH excluding ortho intramolecular Hbond substituents is 1. The first-order valence-electron chi connectivity index (χ1n) is 4.93. The highest BCUT2D eigenvalue weighted by molar-refractivity contribution is 6.31. The van der Waals surface area contributed by atoms with Crippen molar-refractivity contribution >= 4 is 29.3 Å². The molecule has 5 heteroatoms. The minimum absolute atomic E-state index is 0.0293. The van der Waals surface area contributed by atoms with Crippen LogP contribution in [0.3, 0.4) is 0 Å². The van der Waals surface area contributed by atoms with Gasteiger partial charge in [0.25, 0.3) is 0 Å². The zero-order chi connectivity index (χ0) is 13.0. The van der Waals surface area contributed by atoms with E-state index in [0.29, 0.717) is 16.4 Å². The molecule has 0 radical (unpaired) electrons. The lowest BCUT2D eigenvalue weighted by Gasteiger charge is -2.11. The summed E-state index contributed by atoms with van der Waals surface area (Å²) in [5, 5.41) is 20.1. The third-order valence-corrected chi connectivity index (χ3v) is 2.44. The van der Waals surface area contributed by atoms with Gasteiger partial charge in [-0.25, -0.2) is 0 Å². The van der Waals surface area contributed by atoms with Gasteiger partial charge in [-0.1, -0.05) is 11.6 Å². The van der Waals surface area contributed by atoms with Crippen LogP contribution in [-0.4, -0.2) is 17.1 Å². The van der Waals surface area contributed by atoms with E-state index in [1.165, 1.54) is 13.0 Å². The number of carbonyl (C=O) groups is 1. The molecule has 0 unspecified atom stereocenters. The molecule has 0 atom stereocenters. The Bertz CT molecular complexity index is 495. The Hall–Kier alpha value is -1.81. The summed E-state index contributed by atoms with van der Waals surface area (Å²) in [5.41, 5.74) is 1.14. The Morgan fingerprint density at radius 1 is 1.47 bits per heavy atom. The second kappa shape index (κ2) is 5.50. The summed E-state index contributed by atoms with van der Waals surface area (Å²) < 4.78 is 0. The second-order valence-corrected chi connectivity index (χ2v) is 3.96. The zero-order valence-corrected chi connectivity index (χ0v) is 10.3. The maximum absolute atomic E-state index is 11.2. The quantitative estimate of drug-likeness (QED) is 0.438. The van der Waals surface area contributed by atoms with Crippen molar-refractivity contribution in [3.05, 3.63) is 34.5 Å². The molecule has 0 heterocycles. The molecule has 0 saturated carbocycles. The maximum atomic E-state index is 11.2. The van der Waals surface area contributed by atoms with Crippen molar-refractivity contribution < 1.29 is 9.90 Å². The summed E-state index contributed by atoms with van der Waals surface area (Å²) in [6.07, 6.45) is 0.978. The molecule has 0 aliphatic heterocycles. The summed E-state index contributed by atoms with van der Waals surface area (Å²) in [4.78, 5) is 11.2. The number of phenols is 1. The highest BCUT2D eigenvalue weighted by Gasteiger charge is 2.08. The molecule has 1 aromatic rings. The van der Waals surface area contributed by atoms with Crippen LogP contribution in [0.1, 0.15) is 13.8 Å². The summed E-state index contributed by atoms with van der Waals surface area (Å²) in [5.74, 6) is -0.187. The molecule has 0 spiro atoms. The number of rotatable bonds is 4. The summed E-state index contributed by atoms with van der Waals surface area (Å²) in [6.45, 7) is 3.03. The second-order valence-electron chi connectivity index (χ2n) is 3.53. The number of hydrogen-bond donors (Lipinski definition) is 3. The van der Waals surface area contributed by atoms with Crippen molar-refractivity contribution in [2.24, 2.45) is 0 Å². The molecule has 0 saturated heterocycles. The van der Waals surface area contributed by atoms with E-state index in [0.717, 1.165) is 6.21 Å². The number of aromatic hydroxyl groups is 1. The number of benzene rings is 1. The molecular formula is C12H13ClN2O2. The van der Waals surface area contributed by atoms with E-state index < -0.39 is 0 Å². The number of Topliss-reactive ketones (excluding diaryl/α,β-unsaturated/α-hetero) is 1. The van der Waals surface area contributed by atoms with Gasteiger partial charge in [0.05, 0.1) is 11.3 Å². The van der Waals surface area contributed by atoms with E-state index in [1.54, 1.807) is 19.1 Å². The number of allylic oxidation sites excluding steroid dienone is 2. The van der Waals surface area contributed by atoms with E-state index in [1.807, 2.05) is 0 Å². The van der Waals surface area contributed by atoms with Crippen molar-refractivity contribution in [1.29, 1.82) is 5.41 Å². The smallest absolute Gasteiger partial charge is 0.163 e. The van der Waals surface area contributed by atoms with Crippen LogP contribution < -0.4 is 5.32 Å². The van der Waals surface area contributed by atoms with E-state index in [-0.39, 0.29) is 17.1 Å². The Labute approximate surface area is 104 Å². The lowest BCUT2D eigenvalue weighted by atomic mass is 10.1. The van der Waals surface area contributed by atoms with E-state index in [2.05, 4.69) is 5.32 Å². The van der Waals surface area contributed by atoms with Crippen molar-refractivity contribution in [2.45, 2.75) is 13.8 Å². The third kappa shape index (κ3) is 3.32. The van der Waals surface area contributed by atoms with Crippen LogP contribution >= 0.6 is 11.6 Å². The molecule has 0 aliphatic carbocycles. The first-order valence-corrected chi connectivity index (χ1v) is 5.31. The van der Waals surface area contributed by atoms with Gasteiger partial charge in [-0.2, -0.15) is 0 Å². The van der Waals surface area contributed by atoms with Gasteiger partial charge in [-0.15, -0.1) is 0 Å². The molecule has 0 aliphatic rings. The lowest BCUT2D eigenvalue weighted by Crippen LogP contribution is -2.07. The van der Waals surface area contributed by atoms with Gasteiger partial charge in [0.2, 0.25) is 0 Å². The largest absolute Gasteiger partial charge is 0.506 e. The monoisotopic (exact) mass is 252 g/mol. The molecule has 90 valence electrons. The molecule has 1 aromatic carbocycles. The van der Waals surface area contributed by atoms with Gasteiger partial charge in [0.15, 0.2) is 5.78 Å². The van der Waals surface area contributed by atoms with Gasteiger partial charge in [0, 0.05) is 16.9 Å². The SMILES string of the molecule is CC(=O)/C(C=N)=C(\C)Nc1cc(Cl)ccc1O. The Kier molecular flexibility index (Phi) is 4.29. The van der Waals surface area contributed by atoms with Crippen LogP contribution in [0.5, 0.6) is 5.75 Å². The van der Waals surface area contributed by atoms with E-state index in [4.69, 9.17) is 17.0 Å². The van der Waals surface area contributed by atoms with Crippen LogP contribution in [0.2, 0.25) is 5.02 Å². The van der Waals surface area contributed by atoms with Gasteiger partial charge in [0.1, 0.15) is 5.75 Å². The van der Waals surface area contributed by atoms with Gasteiger partial charge in [-0.3, -0.25) is 4.79 Å². The molecular weight excluding hydrogens is 240 g/mol. The molecule has 17 heavy (non-hydrogen) atoms. The number of carbonyl (C=O) groups excluding carboxylic acids is 1. The highest BCUT2D eigenvalue weighted by atomic mass is 35.5. The van der Waals surface area contributed by atoms with Crippen LogP contribution in [0.25, 0.3) is 0 Å². The highest BCUT2D eigenvalue weighted by Crippen LogP contribution is 2.28. The predicted octanol–water partition coefficient (Wildman–Crippen LogP) is 2.97. The Morgan fingerprint density at radius 3 is 2.65 bits per heavy atom. The first-order chi connectivity index (χ1) is 7.95. The predicted molar refractivity (Wildman–Crippen MR) is 68.9 cm³/mol. The van der Waals surface area contributed by atoms with Crippen molar-refractivity contribution in [3.8, 4) is 5.75 Å². The minimum atomic E-state index is -0.216. The third-order valence-electron chi connectivity index (χ3n) is 2.21. The van der Waals surface area contributed by atoms with E-state index in [9.17, 15) is 9.90 Å². The average Bonchev–Trinajstić information content (AvgIpc) is 2.24. The molecule has 0 bridgehead atoms. The standard InChI is InChI=1S/C12H13ClN2O2/c1-7(10(6-14)8(2)16)15-11-5-9(13)3-4-12(11)17/h3-6,14-15,17H,1-2H3/b10-7+,14-6?. The molecule has 0 fully saturated rings. The molecule has 3 N–H and O–H groups in total. The fourth-order valence-electron chi connectivity index (χ4n) is 1.35. The molecule has 4 nitrogen and oxygen atoms in total. The molecule has 1 rings (SSSR count). The number of nitrogens with one attached hydrogen (secondary N) is 2. The van der Waals surface area contributed by atoms with Crippen LogP contribution in [-0.2, 0) is 4.79 Å². The van der Waals surface area contributed by atoms with Crippen LogP contribution in [0.15, 0.2) is 29.5 Å². The maximum Gasteiger partial charge on any atom is 0.163 e. The van der Waals surface area contributed by atoms with Gasteiger partial charge in [-0.05, 0) is 32.0 Å². The first kappa shape index (κ1) is 13.3. The summed E-state index contributed by atoms with van der Waals surface area (Å²) in [7, 11) is 0. The number of anilines is 1. The number of ketones is 1. The Balaban J connectivity index is 3.09. The molecule has 0 aromatic heterocycles. The van der Waals surface area contributed by atoms with Gasteiger partial charge < -0.3 is 15.8 Å². The summed E-state index contributed by atoms with van der Waals surface area (Å²) >= 11 is 5.80. The molecule has 0 amide bonds. The Morgan fingerprint density at radius 2 is 2.12 bits per heavy atom. The fourth-order valence-corrected chi connectivity index (χ4v) is 1.52. The van der Waals surface area contributed by atoms with Gasteiger partial charge >= 0.3 is 0 Å². The van der Waals surface area contributed by atoms with Crippen LogP contribution in [0.4, 0.5) is 5.69 Å².